The largest absolute Gasteiger partial charge is 0.482 e. The maximum Gasteiger partial charge on any atom is 0.343 e. The second-order valence-corrected chi connectivity index (χ2v) is 6.25. The molecule has 1 saturated carbocycles. The number of amides is 1. The van der Waals surface area contributed by atoms with Crippen LogP contribution in [0.2, 0.25) is 0 Å². The van der Waals surface area contributed by atoms with Gasteiger partial charge in [0.2, 0.25) is 5.91 Å². The van der Waals surface area contributed by atoms with E-state index in [0.29, 0.717) is 11.4 Å². The molecule has 2 N–H and O–H groups in total. The van der Waals surface area contributed by atoms with Gasteiger partial charge in [-0.05, 0) is 49.9 Å². The lowest BCUT2D eigenvalue weighted by atomic mass is 9.92. The first-order valence-corrected chi connectivity index (χ1v) is 7.94. The van der Waals surface area contributed by atoms with Gasteiger partial charge in [-0.2, -0.15) is 0 Å². The van der Waals surface area contributed by atoms with Crippen LogP contribution in [0.15, 0.2) is 24.3 Å². The zero-order chi connectivity index (χ0) is 16.3. The highest BCUT2D eigenvalue weighted by atomic mass is 35.5. The van der Waals surface area contributed by atoms with Crippen LogP contribution in [0.5, 0.6) is 5.75 Å². The van der Waals surface area contributed by atoms with Crippen LogP contribution in [0.25, 0.3) is 0 Å². The number of hydrogen-bond acceptors (Lipinski definition) is 5. The summed E-state index contributed by atoms with van der Waals surface area (Å²) in [6.07, 6.45) is 3.14. The fraction of sp³-hybridized carbons (Fsp3) is 0.529. The molecular weight excluding hydrogens is 332 g/mol. The van der Waals surface area contributed by atoms with Gasteiger partial charge in [-0.1, -0.05) is 6.07 Å². The summed E-state index contributed by atoms with van der Waals surface area (Å²) in [7, 11) is 1.31. The molecule has 1 aromatic carbocycles. The van der Waals surface area contributed by atoms with Crippen LogP contribution in [-0.2, 0) is 14.3 Å². The van der Waals surface area contributed by atoms with E-state index in [2.05, 4.69) is 15.4 Å². The highest BCUT2D eigenvalue weighted by Gasteiger charge is 2.57. The van der Waals surface area contributed by atoms with Crippen LogP contribution >= 0.6 is 12.4 Å². The minimum Gasteiger partial charge on any atom is -0.482 e. The number of methoxy groups -OCH3 is 1. The standard InChI is InChI=1S/C17H22N2O4.ClH/c1-22-15(20)11-23-13-4-2-3-12(9-13)19-16(21)14-10-17(14)5-7-18-8-6-17;/h2-4,9,14,18H,5-8,10-11H2,1H3,(H,19,21);1H. The molecule has 1 saturated heterocycles. The summed E-state index contributed by atoms with van der Waals surface area (Å²) in [5.41, 5.74) is 0.905. The molecule has 3 rings (SSSR count). The Bertz CT molecular complexity index is 602. The topological polar surface area (TPSA) is 76.7 Å². The predicted octanol–water partition coefficient (Wildman–Crippen LogP) is 1.99. The summed E-state index contributed by atoms with van der Waals surface area (Å²) >= 11 is 0. The zero-order valence-corrected chi connectivity index (χ0v) is 14.5. The van der Waals surface area contributed by atoms with Crippen molar-refractivity contribution in [1.29, 1.82) is 0 Å². The molecule has 0 aromatic heterocycles. The van der Waals surface area contributed by atoms with Crippen molar-refractivity contribution in [2.45, 2.75) is 19.3 Å². The molecule has 2 fully saturated rings. The molecule has 0 radical (unpaired) electrons. The van der Waals surface area contributed by atoms with Gasteiger partial charge in [0, 0.05) is 17.7 Å². The SMILES string of the molecule is COC(=O)COc1cccc(NC(=O)C2CC23CCNCC3)c1.Cl. The smallest absolute Gasteiger partial charge is 0.343 e. The highest BCUT2D eigenvalue weighted by Crippen LogP contribution is 2.58. The predicted molar refractivity (Wildman–Crippen MR) is 92.5 cm³/mol. The Hall–Kier alpha value is -1.79. The Labute approximate surface area is 147 Å². The number of anilines is 1. The summed E-state index contributed by atoms with van der Waals surface area (Å²) in [6, 6.07) is 7.07. The van der Waals surface area contributed by atoms with Gasteiger partial charge in [0.15, 0.2) is 6.61 Å². The van der Waals surface area contributed by atoms with E-state index in [1.807, 2.05) is 6.07 Å². The zero-order valence-electron chi connectivity index (χ0n) is 13.7. The van der Waals surface area contributed by atoms with Gasteiger partial charge in [-0.3, -0.25) is 4.79 Å². The van der Waals surface area contributed by atoms with Gasteiger partial charge in [-0.15, -0.1) is 12.4 Å². The van der Waals surface area contributed by atoms with Crippen LogP contribution in [0.3, 0.4) is 0 Å². The maximum atomic E-state index is 12.4. The quantitative estimate of drug-likeness (QED) is 0.791. The van der Waals surface area contributed by atoms with Gasteiger partial charge in [0.1, 0.15) is 5.75 Å². The minimum absolute atomic E-state index is 0. The number of benzene rings is 1. The molecule has 7 heteroatoms. The van der Waals surface area contributed by atoms with Crippen molar-refractivity contribution in [2.24, 2.45) is 11.3 Å². The third-order valence-electron chi connectivity index (χ3n) is 4.79. The van der Waals surface area contributed by atoms with E-state index in [-0.39, 0.29) is 36.3 Å². The van der Waals surface area contributed by atoms with Crippen molar-refractivity contribution >= 4 is 30.0 Å². The second kappa shape index (κ2) is 7.85. The molecule has 1 aliphatic heterocycles. The lowest BCUT2D eigenvalue weighted by molar-refractivity contribution is -0.142. The van der Waals surface area contributed by atoms with Crippen LogP contribution in [0.1, 0.15) is 19.3 Å². The Morgan fingerprint density at radius 2 is 2.08 bits per heavy atom. The van der Waals surface area contributed by atoms with Crippen molar-refractivity contribution in [3.8, 4) is 5.75 Å². The van der Waals surface area contributed by atoms with Crippen molar-refractivity contribution in [2.75, 3.05) is 32.1 Å². The molecule has 1 aliphatic carbocycles. The molecule has 2 aliphatic rings. The van der Waals surface area contributed by atoms with Crippen molar-refractivity contribution < 1.29 is 19.1 Å². The second-order valence-electron chi connectivity index (χ2n) is 6.25. The summed E-state index contributed by atoms with van der Waals surface area (Å²) in [6.45, 7) is 1.86. The van der Waals surface area contributed by atoms with E-state index in [1.165, 1.54) is 7.11 Å². The van der Waals surface area contributed by atoms with E-state index < -0.39 is 5.97 Å². The molecule has 0 bridgehead atoms. The van der Waals surface area contributed by atoms with E-state index in [0.717, 1.165) is 32.4 Å². The number of rotatable bonds is 5. The number of carbonyl (C=O) groups is 2. The molecule has 1 amide bonds. The fourth-order valence-corrected chi connectivity index (χ4v) is 3.29. The lowest BCUT2D eigenvalue weighted by Gasteiger charge is -2.23. The van der Waals surface area contributed by atoms with Crippen molar-refractivity contribution in [3.63, 3.8) is 0 Å². The van der Waals surface area contributed by atoms with Gasteiger partial charge in [-0.25, -0.2) is 4.79 Å². The first-order valence-electron chi connectivity index (χ1n) is 7.94. The number of piperidine rings is 1. The van der Waals surface area contributed by atoms with Gasteiger partial charge >= 0.3 is 5.97 Å². The normalized spacial score (nSPS) is 20.6. The Morgan fingerprint density at radius 1 is 1.33 bits per heavy atom. The third-order valence-corrected chi connectivity index (χ3v) is 4.79. The number of ether oxygens (including phenoxy) is 2. The molecule has 1 unspecified atom stereocenters. The molecule has 1 spiro atoms. The molecule has 1 aromatic rings. The summed E-state index contributed by atoms with van der Waals surface area (Å²) in [4.78, 5) is 23.5. The average Bonchev–Trinajstić information content (AvgIpc) is 3.27. The summed E-state index contributed by atoms with van der Waals surface area (Å²) in [5, 5.41) is 6.30. The van der Waals surface area contributed by atoms with E-state index in [9.17, 15) is 9.59 Å². The molecule has 1 atom stereocenters. The van der Waals surface area contributed by atoms with Crippen molar-refractivity contribution in [3.05, 3.63) is 24.3 Å². The van der Waals surface area contributed by atoms with Crippen LogP contribution in [-0.4, -0.2) is 38.7 Å². The number of esters is 1. The number of hydrogen-bond donors (Lipinski definition) is 2. The third kappa shape index (κ3) is 4.19. The Balaban J connectivity index is 0.00000208. The first-order chi connectivity index (χ1) is 11.1. The van der Waals surface area contributed by atoms with E-state index in [4.69, 9.17) is 4.74 Å². The Kier molecular flexibility index (Phi) is 6.07. The number of carbonyl (C=O) groups excluding carboxylic acids is 2. The summed E-state index contributed by atoms with van der Waals surface area (Å²) < 4.78 is 9.86. The minimum atomic E-state index is -0.440. The first kappa shape index (κ1) is 18.5. The van der Waals surface area contributed by atoms with Crippen LogP contribution < -0.4 is 15.4 Å². The van der Waals surface area contributed by atoms with E-state index >= 15 is 0 Å². The molecule has 1 heterocycles. The molecular formula is C17H23ClN2O4. The lowest BCUT2D eigenvalue weighted by Crippen LogP contribution is -2.31. The number of nitrogens with one attached hydrogen (secondary N) is 2. The molecule has 6 nitrogen and oxygen atoms in total. The Morgan fingerprint density at radius 3 is 2.79 bits per heavy atom. The van der Waals surface area contributed by atoms with Gasteiger partial charge in [0.05, 0.1) is 7.11 Å². The summed E-state index contributed by atoms with van der Waals surface area (Å²) in [5.74, 6) is 0.284. The van der Waals surface area contributed by atoms with E-state index in [1.54, 1.807) is 18.2 Å². The molecule has 132 valence electrons. The van der Waals surface area contributed by atoms with Gasteiger partial charge in [0.25, 0.3) is 0 Å². The van der Waals surface area contributed by atoms with Crippen molar-refractivity contribution in [1.82, 2.24) is 5.32 Å². The fourth-order valence-electron chi connectivity index (χ4n) is 3.29. The molecule has 24 heavy (non-hydrogen) atoms. The maximum absolute atomic E-state index is 12.4. The van der Waals surface area contributed by atoms with Crippen LogP contribution in [0, 0.1) is 11.3 Å². The van der Waals surface area contributed by atoms with Crippen LogP contribution in [0.4, 0.5) is 5.69 Å². The average molecular weight is 355 g/mol. The number of halogens is 1. The highest BCUT2D eigenvalue weighted by molar-refractivity contribution is 5.95. The monoisotopic (exact) mass is 354 g/mol. The van der Waals surface area contributed by atoms with Gasteiger partial charge < -0.3 is 20.1 Å².